The van der Waals surface area contributed by atoms with Gasteiger partial charge in [-0.05, 0) is 48.7 Å². The lowest BCUT2D eigenvalue weighted by molar-refractivity contribution is -0.151. The van der Waals surface area contributed by atoms with Gasteiger partial charge in [0.2, 0.25) is 6.10 Å². The molecule has 0 amide bonds. The molecule has 2 aromatic rings. The summed E-state index contributed by atoms with van der Waals surface area (Å²) < 4.78 is 17.4. The van der Waals surface area contributed by atoms with Crippen molar-refractivity contribution in [2.75, 3.05) is 26.2 Å². The van der Waals surface area contributed by atoms with Crippen molar-refractivity contribution in [3.63, 3.8) is 0 Å². The van der Waals surface area contributed by atoms with Crippen molar-refractivity contribution in [1.82, 2.24) is 9.80 Å². The predicted octanol–water partition coefficient (Wildman–Crippen LogP) is 2.81. The fourth-order valence-electron chi connectivity index (χ4n) is 4.38. The quantitative estimate of drug-likeness (QED) is 0.232. The number of esters is 1. The average Bonchev–Trinajstić information content (AvgIpc) is 3.31. The fraction of sp³-hybridized carbons (Fsp3) is 0.400. The van der Waals surface area contributed by atoms with Crippen LogP contribution in [0.15, 0.2) is 42.5 Å². The third kappa shape index (κ3) is 7.33. The number of guanidine groups is 2. The number of fused-ring (bicyclic) bond motifs is 1. The number of likely N-dealkylation sites (tertiary alicyclic amines) is 1. The number of hydrogen-bond donors (Lipinski definition) is 4. The van der Waals surface area contributed by atoms with Crippen LogP contribution < -0.4 is 20.9 Å². The number of carbonyl (C=O) groups is 1. The van der Waals surface area contributed by atoms with Gasteiger partial charge in [0.25, 0.3) is 0 Å². The first kappa shape index (κ1) is 29.9. The highest BCUT2D eigenvalue weighted by Crippen LogP contribution is 2.29. The SMILES string of the molecule is CCOC(=O)C(Oc1ccc2c(c1)CN(C(=N)N)CC2)c1ccc(O[C@H]2CCN(C(=N)N)C2)cc1.Cl.Cl. The lowest BCUT2D eigenvalue weighted by Crippen LogP contribution is -2.40. The Hall–Kier alpha value is -3.37. The number of carbonyl (C=O) groups excluding carboxylic acids is 1. The summed E-state index contributed by atoms with van der Waals surface area (Å²) in [6.45, 7) is 4.50. The van der Waals surface area contributed by atoms with E-state index in [0.29, 0.717) is 43.2 Å². The van der Waals surface area contributed by atoms with E-state index in [9.17, 15) is 4.79 Å². The van der Waals surface area contributed by atoms with E-state index in [1.807, 2.05) is 18.2 Å². The maximum Gasteiger partial charge on any atom is 0.352 e. The molecule has 1 unspecified atom stereocenters. The van der Waals surface area contributed by atoms with Gasteiger partial charge in [-0.25, -0.2) is 4.79 Å². The molecule has 10 nitrogen and oxygen atoms in total. The number of nitrogens with one attached hydrogen (secondary N) is 2. The summed E-state index contributed by atoms with van der Waals surface area (Å²) >= 11 is 0. The summed E-state index contributed by atoms with van der Waals surface area (Å²) in [5, 5.41) is 15.3. The van der Waals surface area contributed by atoms with Gasteiger partial charge in [0, 0.05) is 31.6 Å². The van der Waals surface area contributed by atoms with Crippen LogP contribution in [0.4, 0.5) is 0 Å². The largest absolute Gasteiger partial charge is 0.489 e. The standard InChI is InChI=1S/C25H32N6O4.2ClH/c1-2-33-23(32)22(35-20-8-3-16-9-11-30(24(26)27)14-18(16)13-20)17-4-6-19(7-5-17)34-21-10-12-31(15-21)25(28)29;;/h3-8,13,21-22H,2,9-12,14-15H2,1H3,(H3,26,27)(H3,28,29);2*1H/t21-,22?;;/m0../s1. The zero-order valence-corrected chi connectivity index (χ0v) is 22.3. The highest BCUT2D eigenvalue weighted by molar-refractivity contribution is 5.85. The van der Waals surface area contributed by atoms with Crippen LogP contribution in [0.5, 0.6) is 11.5 Å². The topological polar surface area (TPSA) is 151 Å². The van der Waals surface area contributed by atoms with Gasteiger partial charge in [-0.1, -0.05) is 18.2 Å². The van der Waals surface area contributed by atoms with E-state index in [2.05, 4.69) is 0 Å². The minimum Gasteiger partial charge on any atom is -0.489 e. The minimum atomic E-state index is -0.936. The summed E-state index contributed by atoms with van der Waals surface area (Å²) in [5.41, 5.74) is 14.1. The molecule has 37 heavy (non-hydrogen) atoms. The van der Waals surface area contributed by atoms with Crippen molar-refractivity contribution < 1.29 is 19.0 Å². The molecule has 2 aliphatic rings. The van der Waals surface area contributed by atoms with Crippen LogP contribution in [0.1, 0.15) is 36.1 Å². The Balaban J connectivity index is 0.00000241. The molecule has 1 fully saturated rings. The van der Waals surface area contributed by atoms with Gasteiger partial charge in [-0.15, -0.1) is 24.8 Å². The molecule has 0 bridgehead atoms. The average molecular weight is 553 g/mol. The molecule has 2 heterocycles. The van der Waals surface area contributed by atoms with Crippen molar-refractivity contribution in [2.45, 2.75) is 38.5 Å². The molecule has 0 aromatic heterocycles. The Bertz CT molecular complexity index is 1100. The number of ether oxygens (including phenoxy) is 3. The van der Waals surface area contributed by atoms with E-state index in [1.54, 1.807) is 41.0 Å². The Morgan fingerprint density at radius 1 is 1.00 bits per heavy atom. The first-order valence-corrected chi connectivity index (χ1v) is 11.7. The smallest absolute Gasteiger partial charge is 0.352 e. The molecule has 0 saturated carbocycles. The second-order valence-corrected chi connectivity index (χ2v) is 8.67. The molecular weight excluding hydrogens is 519 g/mol. The first-order chi connectivity index (χ1) is 16.8. The van der Waals surface area contributed by atoms with E-state index in [0.717, 1.165) is 18.4 Å². The van der Waals surface area contributed by atoms with Crippen LogP contribution in [0.3, 0.4) is 0 Å². The molecule has 0 aliphatic carbocycles. The summed E-state index contributed by atoms with van der Waals surface area (Å²) in [7, 11) is 0. The Kier molecular flexibility index (Phi) is 10.7. The van der Waals surface area contributed by atoms with Gasteiger partial charge in [-0.2, -0.15) is 0 Å². The summed E-state index contributed by atoms with van der Waals surface area (Å²) in [5.74, 6) is 0.835. The van der Waals surface area contributed by atoms with Crippen LogP contribution in [-0.4, -0.2) is 60.0 Å². The second kappa shape index (κ2) is 13.3. The molecule has 12 heteroatoms. The number of halogens is 2. The Morgan fingerprint density at radius 3 is 2.30 bits per heavy atom. The number of benzene rings is 2. The Labute approximate surface area is 229 Å². The molecule has 2 aliphatic heterocycles. The summed E-state index contributed by atoms with van der Waals surface area (Å²) in [6, 6.07) is 12.9. The summed E-state index contributed by atoms with van der Waals surface area (Å²) in [4.78, 5) is 16.3. The predicted molar refractivity (Wildman–Crippen MR) is 146 cm³/mol. The number of rotatable bonds is 7. The molecule has 0 radical (unpaired) electrons. The van der Waals surface area contributed by atoms with E-state index >= 15 is 0 Å². The van der Waals surface area contributed by atoms with Crippen molar-refractivity contribution in [3.8, 4) is 11.5 Å². The lowest BCUT2D eigenvalue weighted by Gasteiger charge is -2.29. The van der Waals surface area contributed by atoms with E-state index in [-0.39, 0.29) is 49.4 Å². The number of hydrogen-bond acceptors (Lipinski definition) is 6. The fourth-order valence-corrected chi connectivity index (χ4v) is 4.38. The van der Waals surface area contributed by atoms with Gasteiger partial charge in [0.15, 0.2) is 11.9 Å². The van der Waals surface area contributed by atoms with Crippen LogP contribution in [0, 0.1) is 10.8 Å². The molecule has 2 aromatic carbocycles. The first-order valence-electron chi connectivity index (χ1n) is 11.7. The zero-order chi connectivity index (χ0) is 24.9. The third-order valence-electron chi connectivity index (χ3n) is 6.26. The lowest BCUT2D eigenvalue weighted by atomic mass is 9.99. The van der Waals surface area contributed by atoms with E-state index < -0.39 is 12.1 Å². The number of nitrogens with two attached hydrogens (primary N) is 2. The molecule has 2 atom stereocenters. The minimum absolute atomic E-state index is 0. The molecular formula is C25H34Cl2N6O4. The van der Waals surface area contributed by atoms with Gasteiger partial charge >= 0.3 is 5.97 Å². The second-order valence-electron chi connectivity index (χ2n) is 8.67. The highest BCUT2D eigenvalue weighted by Gasteiger charge is 2.27. The van der Waals surface area contributed by atoms with Crippen molar-refractivity contribution in [2.24, 2.45) is 11.5 Å². The zero-order valence-electron chi connectivity index (χ0n) is 20.6. The molecule has 6 N–H and O–H groups in total. The van der Waals surface area contributed by atoms with Crippen molar-refractivity contribution in [1.29, 1.82) is 10.8 Å². The maximum atomic E-state index is 12.8. The van der Waals surface area contributed by atoms with Gasteiger partial charge < -0.3 is 35.5 Å². The molecule has 202 valence electrons. The van der Waals surface area contributed by atoms with Gasteiger partial charge in [0.05, 0.1) is 13.2 Å². The number of nitrogens with zero attached hydrogens (tertiary/aromatic N) is 2. The van der Waals surface area contributed by atoms with E-state index in [4.69, 9.17) is 36.5 Å². The van der Waals surface area contributed by atoms with Crippen molar-refractivity contribution >= 4 is 42.7 Å². The van der Waals surface area contributed by atoms with Crippen molar-refractivity contribution in [3.05, 3.63) is 59.2 Å². The highest BCUT2D eigenvalue weighted by atomic mass is 35.5. The third-order valence-corrected chi connectivity index (χ3v) is 6.26. The molecule has 4 rings (SSSR count). The van der Waals surface area contributed by atoms with Crippen LogP contribution in [-0.2, 0) is 22.5 Å². The molecule has 0 spiro atoms. The molecule has 1 saturated heterocycles. The van der Waals surface area contributed by atoms with Gasteiger partial charge in [-0.3, -0.25) is 10.8 Å². The van der Waals surface area contributed by atoms with Gasteiger partial charge in [0.1, 0.15) is 17.6 Å². The van der Waals surface area contributed by atoms with Crippen LogP contribution >= 0.6 is 24.8 Å². The van der Waals surface area contributed by atoms with Crippen LogP contribution in [0.25, 0.3) is 0 Å². The van der Waals surface area contributed by atoms with Crippen LogP contribution in [0.2, 0.25) is 0 Å². The monoisotopic (exact) mass is 552 g/mol. The van der Waals surface area contributed by atoms with E-state index in [1.165, 1.54) is 5.56 Å². The summed E-state index contributed by atoms with van der Waals surface area (Å²) in [6.07, 6.45) is 0.597. The maximum absolute atomic E-state index is 12.8. The normalized spacial score (nSPS) is 16.9. The Morgan fingerprint density at radius 2 is 1.68 bits per heavy atom.